The van der Waals surface area contributed by atoms with E-state index < -0.39 is 10.8 Å². The highest BCUT2D eigenvalue weighted by Crippen LogP contribution is 2.15. The first kappa shape index (κ1) is 17.1. The zero-order chi connectivity index (χ0) is 17.4. The van der Waals surface area contributed by atoms with Crippen LogP contribution in [0.5, 0.6) is 0 Å². The Kier molecular flexibility index (Phi) is 5.98. The minimum Gasteiger partial charge on any atom is -0.294 e. The molecule has 0 bridgehead atoms. The Morgan fingerprint density at radius 2 is 1.83 bits per heavy atom. The van der Waals surface area contributed by atoms with Gasteiger partial charge in [-0.05, 0) is 17.7 Å². The van der Waals surface area contributed by atoms with E-state index in [9.17, 15) is 14.9 Å². The summed E-state index contributed by atoms with van der Waals surface area (Å²) in [6.45, 7) is -0.300. The topological polar surface area (TPSA) is 84.0 Å². The second-order valence-electron chi connectivity index (χ2n) is 5.36. The summed E-state index contributed by atoms with van der Waals surface area (Å²) in [4.78, 5) is 22.7. The fourth-order valence-electron chi connectivity index (χ4n) is 2.28. The quantitative estimate of drug-likeness (QED) is 0.442. The average molecular weight is 320 g/mol. The van der Waals surface area contributed by atoms with Crippen LogP contribution in [0.3, 0.4) is 0 Å². The van der Waals surface area contributed by atoms with Gasteiger partial charge in [0, 0.05) is 22.8 Å². The molecule has 2 aromatic rings. The highest BCUT2D eigenvalue weighted by Gasteiger charge is 2.18. The van der Waals surface area contributed by atoms with Crippen molar-refractivity contribution >= 4 is 11.9 Å². The highest BCUT2D eigenvalue weighted by atomic mass is 16.6. The molecule has 1 atom stereocenters. The number of ketones is 1. The van der Waals surface area contributed by atoms with Crippen molar-refractivity contribution in [2.75, 3.05) is 6.54 Å². The number of carbonyl (C=O) groups is 1. The minimum atomic E-state index is -0.483. The van der Waals surface area contributed by atoms with E-state index >= 15 is 0 Å². The highest BCUT2D eigenvalue weighted by molar-refractivity contribution is 5.96. The Labute approximate surface area is 140 Å². The van der Waals surface area contributed by atoms with Crippen LogP contribution >= 0.6 is 0 Å². The van der Waals surface area contributed by atoms with Crippen molar-refractivity contribution in [2.24, 2.45) is 5.92 Å². The third-order valence-electron chi connectivity index (χ3n) is 3.53. The van der Waals surface area contributed by atoms with Gasteiger partial charge in [0.1, 0.15) is 0 Å². The van der Waals surface area contributed by atoms with Gasteiger partial charge in [-0.25, -0.2) is 0 Å². The Balaban J connectivity index is 2.09. The Morgan fingerprint density at radius 1 is 1.17 bits per heavy atom. The third-order valence-corrected chi connectivity index (χ3v) is 3.53. The van der Waals surface area contributed by atoms with E-state index in [1.165, 1.54) is 0 Å². The molecule has 0 heterocycles. The van der Waals surface area contributed by atoms with E-state index in [0.29, 0.717) is 11.1 Å². The van der Waals surface area contributed by atoms with E-state index in [4.69, 9.17) is 5.26 Å². The predicted molar refractivity (Wildman–Crippen MR) is 90.9 cm³/mol. The van der Waals surface area contributed by atoms with Gasteiger partial charge in [0.25, 0.3) is 0 Å². The van der Waals surface area contributed by atoms with E-state index in [0.717, 1.165) is 5.56 Å². The molecule has 24 heavy (non-hydrogen) atoms. The molecule has 0 saturated heterocycles. The van der Waals surface area contributed by atoms with Gasteiger partial charge in [-0.3, -0.25) is 14.9 Å². The number of hydrogen-bond acceptors (Lipinski definition) is 4. The zero-order valence-corrected chi connectivity index (χ0v) is 13.0. The molecule has 2 rings (SSSR count). The van der Waals surface area contributed by atoms with Crippen molar-refractivity contribution in [1.29, 1.82) is 5.26 Å². The first-order valence-corrected chi connectivity index (χ1v) is 7.47. The predicted octanol–water partition coefficient (Wildman–Crippen LogP) is 3.74. The maximum atomic E-state index is 12.3. The zero-order valence-electron chi connectivity index (χ0n) is 13.0. The van der Waals surface area contributed by atoms with Crippen LogP contribution < -0.4 is 0 Å². The van der Waals surface area contributed by atoms with Crippen LogP contribution in [-0.2, 0) is 0 Å². The molecule has 0 fully saturated rings. The molecule has 2 aromatic carbocycles. The molecule has 120 valence electrons. The van der Waals surface area contributed by atoms with Gasteiger partial charge < -0.3 is 0 Å². The van der Waals surface area contributed by atoms with Crippen LogP contribution in [0, 0.1) is 27.4 Å². The van der Waals surface area contributed by atoms with Gasteiger partial charge in [0.2, 0.25) is 6.54 Å². The van der Waals surface area contributed by atoms with Crippen molar-refractivity contribution in [2.45, 2.75) is 6.42 Å². The second-order valence-corrected chi connectivity index (χ2v) is 5.36. The van der Waals surface area contributed by atoms with Crippen LogP contribution in [0.25, 0.3) is 6.08 Å². The molecular weight excluding hydrogens is 304 g/mol. The summed E-state index contributed by atoms with van der Waals surface area (Å²) >= 11 is 0. The van der Waals surface area contributed by atoms with E-state index in [1.54, 1.807) is 36.4 Å². The molecule has 0 aliphatic carbocycles. The fraction of sp³-hybridized carbons (Fsp3) is 0.158. The number of nitro groups is 1. The van der Waals surface area contributed by atoms with Crippen molar-refractivity contribution in [1.82, 2.24) is 0 Å². The minimum absolute atomic E-state index is 0.0518. The molecule has 0 amide bonds. The molecular formula is C19H16N2O3. The number of benzene rings is 2. The lowest BCUT2D eigenvalue weighted by molar-refractivity contribution is -0.485. The molecule has 0 radical (unpaired) electrons. The van der Waals surface area contributed by atoms with Crippen molar-refractivity contribution < 1.29 is 9.72 Å². The summed E-state index contributed by atoms with van der Waals surface area (Å²) in [5.41, 5.74) is 1.85. The Morgan fingerprint density at radius 3 is 2.42 bits per heavy atom. The molecule has 0 unspecified atom stereocenters. The number of Topliss-reactive ketones (excluding diaryl/α,β-unsaturated/α-hetero) is 1. The molecule has 0 spiro atoms. The third kappa shape index (κ3) is 5.18. The molecule has 5 nitrogen and oxygen atoms in total. The summed E-state index contributed by atoms with van der Waals surface area (Å²) in [7, 11) is 0. The summed E-state index contributed by atoms with van der Waals surface area (Å²) < 4.78 is 0. The fourth-order valence-corrected chi connectivity index (χ4v) is 2.28. The lowest BCUT2D eigenvalue weighted by Crippen LogP contribution is -2.16. The van der Waals surface area contributed by atoms with E-state index in [1.807, 2.05) is 36.4 Å². The second kappa shape index (κ2) is 8.39. The average Bonchev–Trinajstić information content (AvgIpc) is 2.60. The molecule has 0 aliphatic heterocycles. The smallest absolute Gasteiger partial charge is 0.210 e. The molecule has 5 heteroatoms. The monoisotopic (exact) mass is 320 g/mol. The standard InChI is InChI=1S/C19H16N2O3/c20-13-16-8-10-18(11-9-16)19(22)12-17(14-21(23)24)7-6-15-4-2-1-3-5-15/h1-11,17H,12,14H2/b7-6+/t17-/m1/s1. The van der Waals surface area contributed by atoms with Gasteiger partial charge in [0.15, 0.2) is 5.78 Å². The van der Waals surface area contributed by atoms with Crippen LogP contribution in [0.15, 0.2) is 60.7 Å². The summed E-state index contributed by atoms with van der Waals surface area (Å²) in [6, 6.07) is 17.7. The first-order valence-electron chi connectivity index (χ1n) is 7.47. The summed E-state index contributed by atoms with van der Waals surface area (Å²) in [5, 5.41) is 19.6. The first-order chi connectivity index (χ1) is 11.6. The molecule has 0 aromatic heterocycles. The van der Waals surface area contributed by atoms with Crippen LogP contribution in [0.2, 0.25) is 0 Å². The van der Waals surface area contributed by atoms with Gasteiger partial charge >= 0.3 is 0 Å². The lowest BCUT2D eigenvalue weighted by Gasteiger charge is -2.08. The maximum Gasteiger partial charge on any atom is 0.210 e. The largest absolute Gasteiger partial charge is 0.294 e. The summed E-state index contributed by atoms with van der Waals surface area (Å²) in [6.07, 6.45) is 3.55. The van der Waals surface area contributed by atoms with E-state index in [2.05, 4.69) is 0 Å². The Bertz CT molecular complexity index is 775. The molecule has 0 N–H and O–H groups in total. The number of nitrogens with zero attached hydrogens (tertiary/aromatic N) is 2. The lowest BCUT2D eigenvalue weighted by atomic mass is 9.96. The van der Waals surface area contributed by atoms with Crippen LogP contribution in [0.4, 0.5) is 0 Å². The summed E-state index contributed by atoms with van der Waals surface area (Å²) in [5.74, 6) is -0.660. The SMILES string of the molecule is N#Cc1ccc(C(=O)C[C@@H](/C=C/c2ccccc2)C[N+](=O)[O-])cc1. The number of carbonyl (C=O) groups excluding carboxylic acids is 1. The Hall–Kier alpha value is -3.26. The van der Waals surface area contributed by atoms with Crippen LogP contribution in [0.1, 0.15) is 27.9 Å². The molecule has 0 aliphatic rings. The normalized spacial score (nSPS) is 11.8. The van der Waals surface area contributed by atoms with Gasteiger partial charge in [-0.15, -0.1) is 0 Å². The number of rotatable bonds is 7. The van der Waals surface area contributed by atoms with Crippen molar-refractivity contribution in [3.05, 3.63) is 87.5 Å². The maximum absolute atomic E-state index is 12.3. The molecule has 0 saturated carbocycles. The van der Waals surface area contributed by atoms with Gasteiger partial charge in [0.05, 0.1) is 11.6 Å². The van der Waals surface area contributed by atoms with Crippen molar-refractivity contribution in [3.63, 3.8) is 0 Å². The number of nitriles is 1. The number of hydrogen-bond donors (Lipinski definition) is 0. The van der Waals surface area contributed by atoms with E-state index in [-0.39, 0.29) is 18.7 Å². The van der Waals surface area contributed by atoms with Gasteiger partial charge in [-0.1, -0.05) is 54.6 Å². The van der Waals surface area contributed by atoms with Gasteiger partial charge in [-0.2, -0.15) is 5.26 Å². The van der Waals surface area contributed by atoms with Crippen LogP contribution in [-0.4, -0.2) is 17.3 Å². The van der Waals surface area contributed by atoms with Crippen molar-refractivity contribution in [3.8, 4) is 6.07 Å².